The number of carbonyl (C=O) groups excluding carboxylic acids is 1. The molecule has 0 N–H and O–H groups in total. The summed E-state index contributed by atoms with van der Waals surface area (Å²) >= 11 is 0. The molecule has 4 saturated carbocycles. The van der Waals surface area contributed by atoms with Crippen LogP contribution in [0.15, 0.2) is 0 Å². The molecule has 0 radical (unpaired) electrons. The average molecular weight is 347 g/mol. The number of ether oxygens (including phenoxy) is 1. The highest BCUT2D eigenvalue weighted by Gasteiger charge is 2.59. The predicted molar refractivity (Wildman–Crippen MR) is 97.1 cm³/mol. The maximum Gasteiger partial charge on any atom is 0.228 e. The minimum absolute atomic E-state index is 0.0372. The van der Waals surface area contributed by atoms with E-state index >= 15 is 0 Å². The van der Waals surface area contributed by atoms with Crippen molar-refractivity contribution in [2.75, 3.05) is 40.4 Å². The molecule has 1 spiro atoms. The Morgan fingerprint density at radius 2 is 1.64 bits per heavy atom. The van der Waals surface area contributed by atoms with Gasteiger partial charge in [-0.1, -0.05) is 0 Å². The van der Waals surface area contributed by atoms with Crippen molar-refractivity contribution in [3.8, 4) is 0 Å². The lowest BCUT2D eigenvalue weighted by Crippen LogP contribution is -2.74. The van der Waals surface area contributed by atoms with Crippen molar-refractivity contribution in [2.45, 2.75) is 56.9 Å². The van der Waals surface area contributed by atoms with Crippen LogP contribution in [0.4, 0.5) is 0 Å². The Morgan fingerprint density at radius 3 is 2.20 bits per heavy atom. The molecule has 0 unspecified atom stereocenters. The highest BCUT2D eigenvalue weighted by atomic mass is 16.5. The lowest BCUT2D eigenvalue weighted by atomic mass is 9.49. The summed E-state index contributed by atoms with van der Waals surface area (Å²) in [6.45, 7) is 3.94. The van der Waals surface area contributed by atoms with Gasteiger partial charge in [-0.25, -0.2) is 0 Å². The van der Waals surface area contributed by atoms with Crippen molar-refractivity contribution in [1.29, 1.82) is 0 Å². The second kappa shape index (κ2) is 5.69. The first-order chi connectivity index (χ1) is 12.0. The van der Waals surface area contributed by atoms with Crippen LogP contribution < -0.4 is 0 Å². The molecule has 4 nitrogen and oxygen atoms in total. The largest absolute Gasteiger partial charge is 0.384 e. The van der Waals surface area contributed by atoms with Gasteiger partial charge in [0.25, 0.3) is 0 Å². The molecule has 6 aliphatic rings. The van der Waals surface area contributed by atoms with Crippen LogP contribution in [0, 0.1) is 29.1 Å². The molecule has 4 aliphatic carbocycles. The number of likely N-dealkylation sites (tertiary alicyclic amines) is 2. The topological polar surface area (TPSA) is 32.8 Å². The van der Waals surface area contributed by atoms with Crippen LogP contribution in [0.2, 0.25) is 0 Å². The molecule has 2 heterocycles. The van der Waals surface area contributed by atoms with E-state index in [0.29, 0.717) is 11.8 Å². The molecule has 2 saturated heterocycles. The zero-order chi connectivity index (χ0) is 17.2. The normalized spacial score (nSPS) is 45.0. The second-order valence-corrected chi connectivity index (χ2v) is 10.3. The van der Waals surface area contributed by atoms with Gasteiger partial charge in [-0.3, -0.25) is 9.69 Å². The summed E-state index contributed by atoms with van der Waals surface area (Å²) in [4.78, 5) is 18.3. The van der Waals surface area contributed by atoms with Gasteiger partial charge < -0.3 is 9.64 Å². The van der Waals surface area contributed by atoms with Crippen LogP contribution in [-0.4, -0.2) is 61.6 Å². The van der Waals surface area contributed by atoms with Crippen molar-refractivity contribution < 1.29 is 9.53 Å². The van der Waals surface area contributed by atoms with Crippen molar-refractivity contribution in [1.82, 2.24) is 9.80 Å². The molecular formula is C21H34N2O2. The Labute approximate surface area is 152 Å². The number of methoxy groups -OCH3 is 1. The molecule has 1 atom stereocenters. The minimum atomic E-state index is 0.0372. The van der Waals surface area contributed by atoms with Gasteiger partial charge in [0.2, 0.25) is 5.91 Å². The fourth-order valence-corrected chi connectivity index (χ4v) is 7.67. The van der Waals surface area contributed by atoms with Crippen LogP contribution in [0.5, 0.6) is 0 Å². The highest BCUT2D eigenvalue weighted by molar-refractivity contribution is 5.84. The Balaban J connectivity index is 1.28. The summed E-state index contributed by atoms with van der Waals surface area (Å²) < 4.78 is 5.42. The third-order valence-electron chi connectivity index (χ3n) is 8.50. The third kappa shape index (κ3) is 2.50. The molecule has 0 aromatic rings. The highest BCUT2D eigenvalue weighted by Crippen LogP contribution is 2.61. The number of hydrogen-bond donors (Lipinski definition) is 0. The number of nitrogens with zero attached hydrogens (tertiary/aromatic N) is 2. The first-order valence-electron chi connectivity index (χ1n) is 10.5. The Hall–Kier alpha value is -0.610. The number of hydrogen-bond acceptors (Lipinski definition) is 3. The van der Waals surface area contributed by atoms with E-state index < -0.39 is 0 Å². The molecule has 2 aliphatic heterocycles. The van der Waals surface area contributed by atoms with Crippen LogP contribution >= 0.6 is 0 Å². The minimum Gasteiger partial charge on any atom is -0.384 e. The Morgan fingerprint density at radius 1 is 1.04 bits per heavy atom. The van der Waals surface area contributed by atoms with Gasteiger partial charge in [-0.05, 0) is 88.6 Å². The predicted octanol–water partition coefficient (Wildman–Crippen LogP) is 2.77. The number of carbonyl (C=O) groups is 1. The van der Waals surface area contributed by atoms with Gasteiger partial charge >= 0.3 is 0 Å². The number of piperidine rings is 1. The third-order valence-corrected chi connectivity index (χ3v) is 8.50. The van der Waals surface area contributed by atoms with Gasteiger partial charge in [0.15, 0.2) is 0 Å². The molecule has 140 valence electrons. The molecule has 6 rings (SSSR count). The van der Waals surface area contributed by atoms with E-state index in [1.54, 1.807) is 0 Å². The molecule has 25 heavy (non-hydrogen) atoms. The monoisotopic (exact) mass is 346 g/mol. The maximum absolute atomic E-state index is 13.5. The van der Waals surface area contributed by atoms with Gasteiger partial charge in [-0.15, -0.1) is 0 Å². The van der Waals surface area contributed by atoms with E-state index in [0.717, 1.165) is 44.0 Å². The summed E-state index contributed by atoms with van der Waals surface area (Å²) in [5.41, 5.74) is 0.273. The molecule has 6 fully saturated rings. The average Bonchev–Trinajstić information content (AvgIpc) is 2.53. The van der Waals surface area contributed by atoms with Crippen LogP contribution in [0.1, 0.15) is 51.4 Å². The van der Waals surface area contributed by atoms with Crippen molar-refractivity contribution in [3.05, 3.63) is 0 Å². The SMILES string of the molecule is COC[C@H]1CCN(C)C2(C1)CN(C(=O)C13CC4CC(CC(C4)C1)C3)C2. The summed E-state index contributed by atoms with van der Waals surface area (Å²) in [5.74, 6) is 3.76. The smallest absolute Gasteiger partial charge is 0.228 e. The molecule has 0 aromatic carbocycles. The van der Waals surface area contributed by atoms with Gasteiger partial charge in [0.05, 0.1) is 11.0 Å². The first kappa shape index (κ1) is 16.6. The first-order valence-corrected chi connectivity index (χ1v) is 10.5. The van der Waals surface area contributed by atoms with Gasteiger partial charge in [-0.2, -0.15) is 0 Å². The van der Waals surface area contributed by atoms with Gasteiger partial charge in [0.1, 0.15) is 0 Å². The van der Waals surface area contributed by atoms with E-state index in [-0.39, 0.29) is 11.0 Å². The summed E-state index contributed by atoms with van der Waals surface area (Å²) in [6.07, 6.45) is 10.3. The van der Waals surface area contributed by atoms with Crippen molar-refractivity contribution in [2.24, 2.45) is 29.1 Å². The Bertz CT molecular complexity index is 519. The molecule has 1 amide bonds. The van der Waals surface area contributed by atoms with Gasteiger partial charge in [0, 0.05) is 26.8 Å². The quantitative estimate of drug-likeness (QED) is 0.788. The maximum atomic E-state index is 13.5. The van der Waals surface area contributed by atoms with E-state index in [1.165, 1.54) is 51.4 Å². The van der Waals surface area contributed by atoms with Crippen molar-refractivity contribution >= 4 is 5.91 Å². The van der Waals surface area contributed by atoms with E-state index in [9.17, 15) is 4.79 Å². The molecule has 0 aromatic heterocycles. The molecule has 4 heteroatoms. The van der Waals surface area contributed by atoms with E-state index in [1.807, 2.05) is 7.11 Å². The van der Waals surface area contributed by atoms with Crippen LogP contribution in [0.3, 0.4) is 0 Å². The Kier molecular flexibility index (Phi) is 3.77. The van der Waals surface area contributed by atoms with E-state index in [2.05, 4.69) is 16.8 Å². The number of likely N-dealkylation sites (N-methyl/N-ethyl adjacent to an activating group) is 1. The number of amides is 1. The van der Waals surface area contributed by atoms with Crippen molar-refractivity contribution in [3.63, 3.8) is 0 Å². The lowest BCUT2D eigenvalue weighted by Gasteiger charge is -2.62. The summed E-state index contributed by atoms with van der Waals surface area (Å²) in [5, 5.41) is 0. The summed E-state index contributed by atoms with van der Waals surface area (Å²) in [6, 6.07) is 0. The van der Waals surface area contributed by atoms with E-state index in [4.69, 9.17) is 4.74 Å². The second-order valence-electron chi connectivity index (χ2n) is 10.3. The zero-order valence-corrected chi connectivity index (χ0v) is 16.0. The molecular weight excluding hydrogens is 312 g/mol. The lowest BCUT2D eigenvalue weighted by molar-refractivity contribution is -0.175. The van der Waals surface area contributed by atoms with Crippen LogP contribution in [-0.2, 0) is 9.53 Å². The number of rotatable bonds is 3. The standard InChI is InChI=1S/C21H34N2O2/c1-22-4-3-15(12-25-2)11-21(22)13-23(14-21)19(24)20-8-16-5-17(9-20)7-18(6-16)10-20/h15-18H,3-14H2,1-2H3/t15-,16?,17?,18?,20?/m0/s1. The fraction of sp³-hybridized carbons (Fsp3) is 0.952. The fourth-order valence-electron chi connectivity index (χ4n) is 7.67. The zero-order valence-electron chi connectivity index (χ0n) is 16.0. The molecule has 4 bridgehead atoms. The van der Waals surface area contributed by atoms with Crippen LogP contribution in [0.25, 0.3) is 0 Å². The summed E-state index contributed by atoms with van der Waals surface area (Å²) in [7, 11) is 4.07.